The minimum Gasteiger partial charge on any atom is -0.480 e. The summed E-state index contributed by atoms with van der Waals surface area (Å²) in [5.74, 6) is -1.12. The van der Waals surface area contributed by atoms with Gasteiger partial charge in [0, 0.05) is 6.42 Å². The average Bonchev–Trinajstić information content (AvgIpc) is 2.25. The van der Waals surface area contributed by atoms with Crippen LogP contribution in [0.5, 0.6) is 0 Å². The number of rotatable bonds is 5. The molecular weight excluding hydrogens is 230 g/mol. The Balaban J connectivity index is 2.73. The Morgan fingerprint density at radius 1 is 1.44 bits per heavy atom. The standard InChI is InChI=1S/C10H11NO4S/c12-10(13)9(11-7-16(14)15)6-8-4-2-1-3-5-8/h1-5,7,9H,6H2,(H,12,13)(H,14,15)/t9-/m0/s1. The van der Waals surface area contributed by atoms with Crippen LogP contribution in [0.2, 0.25) is 0 Å². The topological polar surface area (TPSA) is 87.0 Å². The van der Waals surface area contributed by atoms with Crippen molar-refractivity contribution in [1.29, 1.82) is 0 Å². The highest BCUT2D eigenvalue weighted by Crippen LogP contribution is 2.05. The molecule has 0 aliphatic rings. The maximum Gasteiger partial charge on any atom is 0.328 e. The second kappa shape index (κ2) is 6.14. The van der Waals surface area contributed by atoms with Crippen LogP contribution in [0.1, 0.15) is 5.56 Å². The van der Waals surface area contributed by atoms with E-state index in [1.807, 2.05) is 6.07 Å². The quantitative estimate of drug-likeness (QED) is 0.456. The molecule has 1 aromatic rings. The summed E-state index contributed by atoms with van der Waals surface area (Å²) in [6.45, 7) is 0. The van der Waals surface area contributed by atoms with E-state index in [1.165, 1.54) is 0 Å². The maximum atomic E-state index is 10.8. The summed E-state index contributed by atoms with van der Waals surface area (Å²) in [4.78, 5) is 14.4. The van der Waals surface area contributed by atoms with Crippen LogP contribution in [-0.4, -0.2) is 31.4 Å². The van der Waals surface area contributed by atoms with Crippen molar-refractivity contribution in [3.8, 4) is 0 Å². The van der Waals surface area contributed by atoms with E-state index < -0.39 is 23.1 Å². The molecule has 6 heteroatoms. The Hall–Kier alpha value is -1.53. The zero-order chi connectivity index (χ0) is 12.0. The summed E-state index contributed by atoms with van der Waals surface area (Å²) in [6.07, 6.45) is 0.198. The lowest BCUT2D eigenvalue weighted by Crippen LogP contribution is -2.21. The zero-order valence-corrected chi connectivity index (χ0v) is 9.13. The van der Waals surface area contributed by atoms with Crippen molar-refractivity contribution in [3.05, 3.63) is 35.9 Å². The highest BCUT2D eigenvalue weighted by molar-refractivity contribution is 7.93. The number of nitrogens with zero attached hydrogens (tertiary/aromatic N) is 1. The van der Waals surface area contributed by atoms with Crippen LogP contribution in [0.25, 0.3) is 0 Å². The number of aliphatic carboxylic acids is 1. The van der Waals surface area contributed by atoms with Gasteiger partial charge < -0.3 is 9.66 Å². The number of carboxylic acid groups (broad SMARTS) is 1. The van der Waals surface area contributed by atoms with Crippen LogP contribution >= 0.6 is 0 Å². The monoisotopic (exact) mass is 241 g/mol. The highest BCUT2D eigenvalue weighted by atomic mass is 32.2. The third-order valence-electron chi connectivity index (χ3n) is 1.89. The molecule has 0 saturated heterocycles. The van der Waals surface area contributed by atoms with Gasteiger partial charge in [-0.3, -0.25) is 4.99 Å². The third kappa shape index (κ3) is 4.33. The highest BCUT2D eigenvalue weighted by Gasteiger charge is 2.15. The molecule has 2 N–H and O–H groups in total. The lowest BCUT2D eigenvalue weighted by molar-refractivity contribution is -0.138. The van der Waals surface area contributed by atoms with E-state index in [0.717, 1.165) is 11.1 Å². The fourth-order valence-corrected chi connectivity index (χ4v) is 1.42. The predicted molar refractivity (Wildman–Crippen MR) is 60.8 cm³/mol. The number of benzene rings is 1. The smallest absolute Gasteiger partial charge is 0.328 e. The minimum atomic E-state index is -2.22. The molecule has 86 valence electrons. The van der Waals surface area contributed by atoms with Gasteiger partial charge in [-0.1, -0.05) is 30.3 Å². The van der Waals surface area contributed by atoms with E-state index in [4.69, 9.17) is 9.66 Å². The van der Waals surface area contributed by atoms with Crippen molar-refractivity contribution in [1.82, 2.24) is 0 Å². The van der Waals surface area contributed by atoms with Gasteiger partial charge in [-0.2, -0.15) is 0 Å². The molecule has 0 radical (unpaired) electrons. The molecule has 1 rings (SSSR count). The van der Waals surface area contributed by atoms with Crippen molar-refractivity contribution in [2.24, 2.45) is 4.99 Å². The molecule has 0 amide bonds. The molecule has 0 aromatic heterocycles. The van der Waals surface area contributed by atoms with Gasteiger partial charge in [0.25, 0.3) is 0 Å². The summed E-state index contributed by atoms with van der Waals surface area (Å²) in [5.41, 5.74) is 1.54. The third-order valence-corrected chi connectivity index (χ3v) is 2.19. The van der Waals surface area contributed by atoms with Crippen molar-refractivity contribution in [3.63, 3.8) is 0 Å². The molecule has 0 heterocycles. The second-order valence-electron chi connectivity index (χ2n) is 3.07. The molecule has 2 atom stereocenters. The molecule has 16 heavy (non-hydrogen) atoms. The van der Waals surface area contributed by atoms with Gasteiger partial charge in [0.05, 0.1) is 0 Å². The number of hydrogen-bond acceptors (Lipinski definition) is 3. The zero-order valence-electron chi connectivity index (χ0n) is 8.31. The van der Waals surface area contributed by atoms with Crippen LogP contribution in [0, 0.1) is 0 Å². The molecule has 1 aromatic carbocycles. The predicted octanol–water partition coefficient (Wildman–Crippen LogP) is 0.932. The van der Waals surface area contributed by atoms with Gasteiger partial charge in [-0.25, -0.2) is 9.00 Å². The van der Waals surface area contributed by atoms with Gasteiger partial charge in [-0.05, 0) is 5.56 Å². The maximum absolute atomic E-state index is 10.8. The normalized spacial score (nSPS) is 14.8. The first-order valence-corrected chi connectivity index (χ1v) is 5.66. The first-order valence-electron chi connectivity index (χ1n) is 4.49. The lowest BCUT2D eigenvalue weighted by Gasteiger charge is -2.06. The first kappa shape index (κ1) is 12.5. The van der Waals surface area contributed by atoms with E-state index in [0.29, 0.717) is 0 Å². The molecular formula is C10H11NO4S. The van der Waals surface area contributed by atoms with E-state index in [-0.39, 0.29) is 6.42 Å². The minimum absolute atomic E-state index is 0.198. The van der Waals surface area contributed by atoms with Gasteiger partial charge >= 0.3 is 5.97 Å². The molecule has 0 saturated carbocycles. The SMILES string of the molecule is O=C(O)[C@H](Cc1ccccc1)N=CS(=O)O. The molecule has 1 unspecified atom stereocenters. The van der Waals surface area contributed by atoms with Gasteiger partial charge in [-0.15, -0.1) is 0 Å². The van der Waals surface area contributed by atoms with E-state index in [2.05, 4.69) is 4.99 Å². The summed E-state index contributed by atoms with van der Waals surface area (Å²) in [7, 11) is 0. The Kier molecular flexibility index (Phi) is 4.81. The Labute approximate surface area is 95.1 Å². The number of carbonyl (C=O) groups is 1. The van der Waals surface area contributed by atoms with Crippen LogP contribution in [0.15, 0.2) is 35.3 Å². The molecule has 5 nitrogen and oxygen atoms in total. The van der Waals surface area contributed by atoms with Crippen LogP contribution in [0.4, 0.5) is 0 Å². The Morgan fingerprint density at radius 2 is 2.06 bits per heavy atom. The summed E-state index contributed by atoms with van der Waals surface area (Å²) < 4.78 is 18.8. The number of hydrogen-bond donors (Lipinski definition) is 2. The first-order chi connectivity index (χ1) is 7.59. The largest absolute Gasteiger partial charge is 0.480 e. The van der Waals surface area contributed by atoms with E-state index in [1.54, 1.807) is 24.3 Å². The van der Waals surface area contributed by atoms with Gasteiger partial charge in [0.1, 0.15) is 5.55 Å². The molecule has 0 aliphatic heterocycles. The molecule has 0 aliphatic carbocycles. The molecule has 0 bridgehead atoms. The molecule has 0 spiro atoms. The van der Waals surface area contributed by atoms with E-state index >= 15 is 0 Å². The Morgan fingerprint density at radius 3 is 2.56 bits per heavy atom. The summed E-state index contributed by atoms with van der Waals surface area (Å²) in [6, 6.07) is 7.94. The van der Waals surface area contributed by atoms with Crippen molar-refractivity contribution >= 4 is 22.6 Å². The van der Waals surface area contributed by atoms with Gasteiger partial charge in [0.15, 0.2) is 17.1 Å². The van der Waals surface area contributed by atoms with Crippen LogP contribution in [-0.2, 0) is 22.3 Å². The fraction of sp³-hybridized carbons (Fsp3) is 0.200. The van der Waals surface area contributed by atoms with Crippen LogP contribution < -0.4 is 0 Å². The average molecular weight is 241 g/mol. The van der Waals surface area contributed by atoms with Crippen molar-refractivity contribution < 1.29 is 18.7 Å². The van der Waals surface area contributed by atoms with Crippen molar-refractivity contribution in [2.45, 2.75) is 12.5 Å². The van der Waals surface area contributed by atoms with E-state index in [9.17, 15) is 9.00 Å². The summed E-state index contributed by atoms with van der Waals surface area (Å²) >= 11 is -2.22. The molecule has 0 fully saturated rings. The number of aliphatic imine (C=N–C) groups is 1. The van der Waals surface area contributed by atoms with Crippen molar-refractivity contribution in [2.75, 3.05) is 0 Å². The van der Waals surface area contributed by atoms with Gasteiger partial charge in [0.2, 0.25) is 0 Å². The lowest BCUT2D eigenvalue weighted by atomic mass is 10.1. The summed E-state index contributed by atoms with van der Waals surface area (Å²) in [5, 5.41) is 8.85. The second-order valence-corrected chi connectivity index (χ2v) is 3.84. The fourth-order valence-electron chi connectivity index (χ4n) is 1.17. The van der Waals surface area contributed by atoms with Crippen LogP contribution in [0.3, 0.4) is 0 Å². The number of carboxylic acids is 1. The Bertz CT molecular complexity index is 405.